The van der Waals surface area contributed by atoms with Gasteiger partial charge in [0.05, 0.1) is 12.6 Å². The highest BCUT2D eigenvalue weighted by molar-refractivity contribution is 7.77. The lowest BCUT2D eigenvalue weighted by molar-refractivity contribution is 0.415. The Morgan fingerprint density at radius 1 is 1.09 bits per heavy atom. The maximum atomic E-state index is 5.30. The van der Waals surface area contributed by atoms with Crippen LogP contribution in [0.4, 0.5) is 0 Å². The molecule has 0 fully saturated rings. The minimum absolute atomic E-state index is 0.832. The summed E-state index contributed by atoms with van der Waals surface area (Å²) in [6.45, 7) is 1.90. The number of pyridine rings is 1. The Labute approximate surface area is 141 Å². The summed E-state index contributed by atoms with van der Waals surface area (Å²) < 4.78 is 7.37. The molecule has 116 valence electrons. The summed E-state index contributed by atoms with van der Waals surface area (Å²) in [5.74, 6) is 0.832. The number of nitrogens with zero attached hydrogens (tertiary/aromatic N) is 2. The van der Waals surface area contributed by atoms with Gasteiger partial charge >= 0.3 is 0 Å². The molecule has 4 rings (SSSR count). The molecule has 0 bridgehead atoms. The smallest absolute Gasteiger partial charge is 0.121 e. The quantitative estimate of drug-likeness (QED) is 0.719. The molecule has 0 radical (unpaired) electrons. The van der Waals surface area contributed by atoms with Crippen molar-refractivity contribution in [3.8, 4) is 16.9 Å². The number of fused-ring (bicyclic) bond motifs is 2. The van der Waals surface area contributed by atoms with Gasteiger partial charge in [-0.1, -0.05) is 24.9 Å². The topological polar surface area (TPSA) is 25.4 Å². The summed E-state index contributed by atoms with van der Waals surface area (Å²) in [5.41, 5.74) is 6.18. The third-order valence-electron chi connectivity index (χ3n) is 4.46. The summed E-state index contributed by atoms with van der Waals surface area (Å²) in [4.78, 5) is 4.48. The van der Waals surface area contributed by atoms with Crippen LogP contribution in [0.15, 0.2) is 48.7 Å². The zero-order valence-electron chi connectivity index (χ0n) is 13.0. The predicted molar refractivity (Wildman–Crippen MR) is 96.8 cm³/mol. The van der Waals surface area contributed by atoms with Crippen molar-refractivity contribution in [3.05, 3.63) is 59.8 Å². The first-order chi connectivity index (χ1) is 11.2. The highest BCUT2D eigenvalue weighted by Crippen LogP contribution is 2.32. The Morgan fingerprint density at radius 2 is 2.00 bits per heavy atom. The van der Waals surface area contributed by atoms with E-state index in [0.717, 1.165) is 36.2 Å². The molecule has 2 heterocycles. The lowest BCUT2D eigenvalue weighted by Crippen LogP contribution is -2.22. The number of methoxy groups -OCH3 is 1. The zero-order valence-corrected chi connectivity index (χ0v) is 13.9. The molecule has 0 atom stereocenters. The lowest BCUT2D eigenvalue weighted by atomic mass is 9.94. The summed E-state index contributed by atoms with van der Waals surface area (Å²) in [7, 11) is 1.68. The summed E-state index contributed by atoms with van der Waals surface area (Å²) in [6.07, 6.45) is 2.93. The van der Waals surface area contributed by atoms with Gasteiger partial charge in [0.2, 0.25) is 0 Å². The van der Waals surface area contributed by atoms with E-state index >= 15 is 0 Å². The molecule has 0 amide bonds. The molecule has 0 N–H and O–H groups in total. The van der Waals surface area contributed by atoms with Crippen LogP contribution >= 0.6 is 12.8 Å². The number of aromatic nitrogens is 1. The van der Waals surface area contributed by atoms with Gasteiger partial charge in [-0.2, -0.15) is 0 Å². The molecular formula is C19H18N2OS. The van der Waals surface area contributed by atoms with Gasteiger partial charge in [0.15, 0.2) is 0 Å². The van der Waals surface area contributed by atoms with Crippen LogP contribution in [0.5, 0.6) is 5.75 Å². The van der Waals surface area contributed by atoms with Crippen LogP contribution in [-0.2, 0) is 13.0 Å². The molecule has 0 spiro atoms. The Hall–Kier alpha value is -2.04. The van der Waals surface area contributed by atoms with Gasteiger partial charge in [0, 0.05) is 30.7 Å². The SMILES string of the molecule is COc1ccc2c(-c3ccc4c(c3)CN(S)CC4)ccnc2c1. The van der Waals surface area contributed by atoms with Crippen LogP contribution < -0.4 is 4.74 Å². The monoisotopic (exact) mass is 322 g/mol. The molecule has 23 heavy (non-hydrogen) atoms. The number of hydrogen-bond donors (Lipinski definition) is 1. The van der Waals surface area contributed by atoms with E-state index in [1.807, 2.05) is 18.3 Å². The van der Waals surface area contributed by atoms with Crippen LogP contribution in [0.1, 0.15) is 11.1 Å². The van der Waals surface area contributed by atoms with Crippen LogP contribution in [-0.4, -0.2) is 22.9 Å². The molecule has 1 aromatic heterocycles. The summed E-state index contributed by atoms with van der Waals surface area (Å²) in [6, 6.07) is 14.9. The number of thiol groups is 1. The van der Waals surface area contributed by atoms with E-state index in [1.165, 1.54) is 22.3 Å². The fourth-order valence-electron chi connectivity index (χ4n) is 3.22. The number of ether oxygens (including phenoxy) is 1. The van der Waals surface area contributed by atoms with Gasteiger partial charge in [-0.05, 0) is 52.9 Å². The van der Waals surface area contributed by atoms with Crippen molar-refractivity contribution in [2.24, 2.45) is 0 Å². The maximum absolute atomic E-state index is 5.30. The Bertz CT molecular complexity index is 878. The number of hydrogen-bond acceptors (Lipinski definition) is 4. The van der Waals surface area contributed by atoms with E-state index in [-0.39, 0.29) is 0 Å². The molecule has 0 aliphatic carbocycles. The number of benzene rings is 2. The van der Waals surface area contributed by atoms with Gasteiger partial charge in [-0.25, -0.2) is 4.31 Å². The highest BCUT2D eigenvalue weighted by Gasteiger charge is 2.15. The summed E-state index contributed by atoms with van der Waals surface area (Å²) in [5, 5.41) is 1.15. The average Bonchev–Trinajstić information content (AvgIpc) is 2.60. The van der Waals surface area contributed by atoms with Gasteiger partial charge in [0.25, 0.3) is 0 Å². The van der Waals surface area contributed by atoms with Gasteiger partial charge in [-0.15, -0.1) is 0 Å². The number of rotatable bonds is 2. The molecular weight excluding hydrogens is 304 g/mol. The maximum Gasteiger partial charge on any atom is 0.121 e. The first kappa shape index (κ1) is 14.5. The molecule has 2 aromatic carbocycles. The first-order valence-corrected chi connectivity index (χ1v) is 8.13. The fourth-order valence-corrected chi connectivity index (χ4v) is 3.47. The second-order valence-corrected chi connectivity index (χ2v) is 6.43. The van der Waals surface area contributed by atoms with Gasteiger partial charge < -0.3 is 4.74 Å². The van der Waals surface area contributed by atoms with Crippen LogP contribution in [0.25, 0.3) is 22.0 Å². The predicted octanol–water partition coefficient (Wildman–Crippen LogP) is 4.11. The van der Waals surface area contributed by atoms with Crippen LogP contribution in [0.3, 0.4) is 0 Å². The minimum Gasteiger partial charge on any atom is -0.497 e. The Kier molecular flexibility index (Phi) is 3.71. The first-order valence-electron chi connectivity index (χ1n) is 7.73. The van der Waals surface area contributed by atoms with E-state index in [0.29, 0.717) is 0 Å². The van der Waals surface area contributed by atoms with E-state index in [9.17, 15) is 0 Å². The van der Waals surface area contributed by atoms with Crippen LogP contribution in [0.2, 0.25) is 0 Å². The zero-order chi connectivity index (χ0) is 15.8. The van der Waals surface area contributed by atoms with E-state index in [1.54, 1.807) is 7.11 Å². The standard InChI is InChI=1S/C19H18N2OS/c1-22-16-4-5-18-17(6-8-20-19(18)11-16)14-3-2-13-7-9-21(23)12-15(13)10-14/h2-6,8,10-11,23H,7,9,12H2,1H3. The van der Waals surface area contributed by atoms with Crippen molar-refractivity contribution in [1.29, 1.82) is 0 Å². The van der Waals surface area contributed by atoms with Crippen molar-refractivity contribution in [3.63, 3.8) is 0 Å². The van der Waals surface area contributed by atoms with Crippen LogP contribution in [0, 0.1) is 0 Å². The second kappa shape index (κ2) is 5.87. The molecule has 1 aliphatic heterocycles. The normalized spacial score (nSPS) is 14.7. The largest absolute Gasteiger partial charge is 0.497 e. The fraction of sp³-hybridized carbons (Fsp3) is 0.211. The molecule has 1 aliphatic rings. The molecule has 4 heteroatoms. The molecule has 0 unspecified atom stereocenters. The minimum atomic E-state index is 0.832. The van der Waals surface area contributed by atoms with Crippen molar-refractivity contribution in [1.82, 2.24) is 9.29 Å². The van der Waals surface area contributed by atoms with Crippen molar-refractivity contribution in [2.75, 3.05) is 13.7 Å². The van der Waals surface area contributed by atoms with E-state index < -0.39 is 0 Å². The molecule has 3 nitrogen and oxygen atoms in total. The third kappa shape index (κ3) is 2.69. The molecule has 0 saturated heterocycles. The second-order valence-electron chi connectivity index (χ2n) is 5.86. The van der Waals surface area contributed by atoms with E-state index in [2.05, 4.69) is 52.4 Å². The third-order valence-corrected chi connectivity index (χ3v) is 4.80. The Balaban J connectivity index is 1.84. The molecule has 3 aromatic rings. The summed E-state index contributed by atoms with van der Waals surface area (Å²) >= 11 is 4.50. The highest BCUT2D eigenvalue weighted by atomic mass is 32.1. The van der Waals surface area contributed by atoms with Gasteiger partial charge in [-0.3, -0.25) is 4.98 Å². The van der Waals surface area contributed by atoms with Crippen molar-refractivity contribution < 1.29 is 4.74 Å². The lowest BCUT2D eigenvalue weighted by Gasteiger charge is -2.24. The van der Waals surface area contributed by atoms with E-state index in [4.69, 9.17) is 4.74 Å². The van der Waals surface area contributed by atoms with Gasteiger partial charge in [0.1, 0.15) is 5.75 Å². The molecule has 0 saturated carbocycles. The average molecular weight is 322 g/mol. The van der Waals surface area contributed by atoms with Crippen molar-refractivity contribution in [2.45, 2.75) is 13.0 Å². The Morgan fingerprint density at radius 3 is 2.87 bits per heavy atom. The van der Waals surface area contributed by atoms with Crippen molar-refractivity contribution >= 4 is 23.7 Å².